The van der Waals surface area contributed by atoms with Gasteiger partial charge in [-0.15, -0.1) is 11.8 Å². The van der Waals surface area contributed by atoms with Crippen LogP contribution in [0.5, 0.6) is 5.75 Å². The van der Waals surface area contributed by atoms with E-state index in [4.69, 9.17) is 4.74 Å². The maximum atomic E-state index is 12.8. The number of hydrogen-bond donors (Lipinski definition) is 1. The van der Waals surface area contributed by atoms with Crippen molar-refractivity contribution in [2.45, 2.75) is 6.92 Å². The second-order valence-corrected chi connectivity index (χ2v) is 5.91. The molecule has 2 aromatic carbocycles. The minimum Gasteiger partial charge on any atom is -0.494 e. The Labute approximate surface area is 144 Å². The van der Waals surface area contributed by atoms with Crippen LogP contribution in [0.4, 0.5) is 10.1 Å². The van der Waals surface area contributed by atoms with Gasteiger partial charge in [-0.3, -0.25) is 9.59 Å². The molecule has 0 aliphatic heterocycles. The summed E-state index contributed by atoms with van der Waals surface area (Å²) in [6.45, 7) is 2.49. The van der Waals surface area contributed by atoms with Crippen LogP contribution in [0.25, 0.3) is 0 Å². The van der Waals surface area contributed by atoms with E-state index in [1.54, 1.807) is 24.3 Å². The van der Waals surface area contributed by atoms with Crippen molar-refractivity contribution >= 4 is 29.1 Å². The van der Waals surface area contributed by atoms with E-state index in [1.165, 1.54) is 36.0 Å². The van der Waals surface area contributed by atoms with Gasteiger partial charge in [0.1, 0.15) is 11.6 Å². The summed E-state index contributed by atoms with van der Waals surface area (Å²) in [6.07, 6.45) is 0. The molecule has 4 nitrogen and oxygen atoms in total. The normalized spacial score (nSPS) is 10.2. The Bertz CT molecular complexity index is 686. The summed E-state index contributed by atoms with van der Waals surface area (Å²) < 4.78 is 18.1. The highest BCUT2D eigenvalue weighted by atomic mass is 32.2. The number of thioether (sulfide) groups is 1. The zero-order valence-corrected chi connectivity index (χ0v) is 14.1. The summed E-state index contributed by atoms with van der Waals surface area (Å²) in [4.78, 5) is 23.8. The van der Waals surface area contributed by atoms with Crippen molar-refractivity contribution in [1.29, 1.82) is 0 Å². The molecule has 0 radical (unpaired) electrons. The zero-order valence-electron chi connectivity index (χ0n) is 13.3. The molecule has 0 spiro atoms. The SMILES string of the molecule is CCOc1ccc(NC(=O)CSCC(=O)c2ccc(F)cc2)cc1. The molecule has 1 amide bonds. The Hall–Kier alpha value is -2.34. The molecular formula is C18H18FNO3S. The smallest absolute Gasteiger partial charge is 0.234 e. The van der Waals surface area contributed by atoms with E-state index >= 15 is 0 Å². The monoisotopic (exact) mass is 347 g/mol. The number of nitrogens with one attached hydrogen (secondary N) is 1. The van der Waals surface area contributed by atoms with Crippen molar-refractivity contribution in [2.75, 3.05) is 23.4 Å². The third-order valence-electron chi connectivity index (χ3n) is 3.08. The molecule has 24 heavy (non-hydrogen) atoms. The van der Waals surface area contributed by atoms with Crippen LogP contribution in [0, 0.1) is 5.82 Å². The first-order chi connectivity index (χ1) is 11.6. The van der Waals surface area contributed by atoms with Gasteiger partial charge in [-0.05, 0) is 55.5 Å². The highest BCUT2D eigenvalue weighted by molar-refractivity contribution is 8.00. The molecule has 2 aromatic rings. The molecule has 0 bridgehead atoms. The summed E-state index contributed by atoms with van der Waals surface area (Å²) in [7, 11) is 0. The molecule has 0 fully saturated rings. The van der Waals surface area contributed by atoms with Crippen LogP contribution in [-0.2, 0) is 4.79 Å². The molecule has 0 aliphatic rings. The van der Waals surface area contributed by atoms with Gasteiger partial charge in [0.25, 0.3) is 0 Å². The Morgan fingerprint density at radius 2 is 1.71 bits per heavy atom. The average molecular weight is 347 g/mol. The van der Waals surface area contributed by atoms with E-state index in [-0.39, 0.29) is 29.0 Å². The highest BCUT2D eigenvalue weighted by Gasteiger charge is 2.08. The first-order valence-electron chi connectivity index (χ1n) is 7.47. The average Bonchev–Trinajstić information content (AvgIpc) is 2.57. The van der Waals surface area contributed by atoms with Crippen LogP contribution >= 0.6 is 11.8 Å². The molecule has 0 atom stereocenters. The number of benzene rings is 2. The summed E-state index contributed by atoms with van der Waals surface area (Å²) >= 11 is 1.22. The van der Waals surface area contributed by atoms with Crippen molar-refractivity contribution < 1.29 is 18.7 Å². The summed E-state index contributed by atoms with van der Waals surface area (Å²) in [5.41, 5.74) is 1.12. The van der Waals surface area contributed by atoms with Gasteiger partial charge in [0.05, 0.1) is 18.1 Å². The van der Waals surface area contributed by atoms with Crippen molar-refractivity contribution in [2.24, 2.45) is 0 Å². The zero-order chi connectivity index (χ0) is 17.4. The van der Waals surface area contributed by atoms with E-state index in [2.05, 4.69) is 5.32 Å². The maximum absolute atomic E-state index is 12.8. The third kappa shape index (κ3) is 5.70. The van der Waals surface area contributed by atoms with E-state index in [0.717, 1.165) is 5.75 Å². The largest absolute Gasteiger partial charge is 0.494 e. The predicted molar refractivity (Wildman–Crippen MR) is 94.3 cm³/mol. The van der Waals surface area contributed by atoms with Crippen LogP contribution in [0.2, 0.25) is 0 Å². The first kappa shape index (κ1) is 18.0. The summed E-state index contributed by atoms with van der Waals surface area (Å²) in [5, 5.41) is 2.76. The number of anilines is 1. The number of ketones is 1. The van der Waals surface area contributed by atoms with Gasteiger partial charge in [0, 0.05) is 11.3 Å². The fourth-order valence-corrected chi connectivity index (χ4v) is 2.67. The topological polar surface area (TPSA) is 55.4 Å². The quantitative estimate of drug-likeness (QED) is 0.739. The maximum Gasteiger partial charge on any atom is 0.234 e. The number of amides is 1. The van der Waals surface area contributed by atoms with Gasteiger partial charge in [-0.2, -0.15) is 0 Å². The fourth-order valence-electron chi connectivity index (χ4n) is 1.95. The minimum absolute atomic E-state index is 0.131. The molecule has 0 saturated carbocycles. The first-order valence-corrected chi connectivity index (χ1v) is 8.63. The number of rotatable bonds is 8. The molecular weight excluding hydrogens is 329 g/mol. The summed E-state index contributed by atoms with van der Waals surface area (Å²) in [6, 6.07) is 12.5. The number of halogens is 1. The second-order valence-electron chi connectivity index (χ2n) is 4.93. The second kappa shape index (κ2) is 9.08. The number of ether oxygens (including phenoxy) is 1. The van der Waals surface area contributed by atoms with Gasteiger partial charge in [0.2, 0.25) is 5.91 Å². The number of Topliss-reactive ketones (excluding diaryl/α,β-unsaturated/α-hetero) is 1. The molecule has 0 aliphatic carbocycles. The lowest BCUT2D eigenvalue weighted by Crippen LogP contribution is -2.15. The van der Waals surface area contributed by atoms with Crippen molar-refractivity contribution in [1.82, 2.24) is 0 Å². The summed E-state index contributed by atoms with van der Waals surface area (Å²) in [5.74, 6) is 0.385. The molecule has 2 rings (SSSR count). The van der Waals surface area contributed by atoms with Crippen molar-refractivity contribution in [3.05, 3.63) is 59.9 Å². The van der Waals surface area contributed by atoms with Crippen LogP contribution < -0.4 is 10.1 Å². The molecule has 1 N–H and O–H groups in total. The lowest BCUT2D eigenvalue weighted by Gasteiger charge is -2.07. The number of carbonyl (C=O) groups excluding carboxylic acids is 2. The van der Waals surface area contributed by atoms with Crippen LogP contribution in [0.1, 0.15) is 17.3 Å². The Kier molecular flexibility index (Phi) is 6.81. The molecule has 0 saturated heterocycles. The predicted octanol–water partition coefficient (Wildman–Crippen LogP) is 3.78. The number of hydrogen-bond acceptors (Lipinski definition) is 4. The Balaban J connectivity index is 1.74. The minimum atomic E-state index is -0.381. The fraction of sp³-hybridized carbons (Fsp3) is 0.222. The molecule has 0 aromatic heterocycles. The van der Waals surface area contributed by atoms with Crippen LogP contribution in [-0.4, -0.2) is 29.8 Å². The van der Waals surface area contributed by atoms with Gasteiger partial charge in [-0.25, -0.2) is 4.39 Å². The van der Waals surface area contributed by atoms with Crippen molar-refractivity contribution in [3.63, 3.8) is 0 Å². The number of carbonyl (C=O) groups is 2. The molecule has 0 unspecified atom stereocenters. The lowest BCUT2D eigenvalue weighted by atomic mass is 10.1. The highest BCUT2D eigenvalue weighted by Crippen LogP contribution is 2.16. The van der Waals surface area contributed by atoms with Gasteiger partial charge >= 0.3 is 0 Å². The standard InChI is InChI=1S/C18H18FNO3S/c1-2-23-16-9-7-15(8-10-16)20-18(22)12-24-11-17(21)13-3-5-14(19)6-4-13/h3-10H,2,11-12H2,1H3,(H,20,22). The van der Waals surface area contributed by atoms with E-state index < -0.39 is 0 Å². The van der Waals surface area contributed by atoms with Crippen LogP contribution in [0.3, 0.4) is 0 Å². The lowest BCUT2D eigenvalue weighted by molar-refractivity contribution is -0.113. The third-order valence-corrected chi connectivity index (χ3v) is 4.01. The van der Waals surface area contributed by atoms with E-state index in [0.29, 0.717) is 17.9 Å². The Morgan fingerprint density at radius 1 is 1.04 bits per heavy atom. The van der Waals surface area contributed by atoms with E-state index in [1.807, 2.05) is 6.92 Å². The van der Waals surface area contributed by atoms with Gasteiger partial charge < -0.3 is 10.1 Å². The van der Waals surface area contributed by atoms with Crippen LogP contribution in [0.15, 0.2) is 48.5 Å². The van der Waals surface area contributed by atoms with Crippen molar-refractivity contribution in [3.8, 4) is 5.75 Å². The molecule has 6 heteroatoms. The van der Waals surface area contributed by atoms with E-state index in [9.17, 15) is 14.0 Å². The van der Waals surface area contributed by atoms with Gasteiger partial charge in [0.15, 0.2) is 5.78 Å². The molecule has 126 valence electrons. The Morgan fingerprint density at radius 3 is 2.33 bits per heavy atom. The van der Waals surface area contributed by atoms with Gasteiger partial charge in [-0.1, -0.05) is 0 Å². The molecule has 0 heterocycles.